The van der Waals surface area contributed by atoms with Crippen LogP contribution in [0.5, 0.6) is 0 Å². The van der Waals surface area contributed by atoms with Gasteiger partial charge in [0.1, 0.15) is 0 Å². The number of fused-ring (bicyclic) bond motifs is 1. The summed E-state index contributed by atoms with van der Waals surface area (Å²) in [4.78, 5) is -0.219. The van der Waals surface area contributed by atoms with Crippen molar-refractivity contribution in [3.63, 3.8) is 0 Å². The summed E-state index contributed by atoms with van der Waals surface area (Å²) >= 11 is 0. The molecule has 16 heavy (non-hydrogen) atoms. The molecule has 1 aromatic rings. The first-order valence-electron chi connectivity index (χ1n) is 5.39. The highest BCUT2D eigenvalue weighted by Crippen LogP contribution is 2.37. The van der Waals surface area contributed by atoms with E-state index < -0.39 is 10.2 Å². The third kappa shape index (κ3) is 1.98. The number of benzene rings is 1. The highest BCUT2D eigenvalue weighted by Gasteiger charge is 2.28. The van der Waals surface area contributed by atoms with Crippen molar-refractivity contribution in [3.05, 3.63) is 29.3 Å². The van der Waals surface area contributed by atoms with Crippen molar-refractivity contribution < 1.29 is 12.3 Å². The maximum atomic E-state index is 12.9. The Morgan fingerprint density at radius 2 is 2.00 bits per heavy atom. The molecular weight excluding hydrogens is 227 g/mol. The minimum atomic E-state index is -4.57. The zero-order valence-electron chi connectivity index (χ0n) is 9.46. The van der Waals surface area contributed by atoms with E-state index in [1.807, 2.05) is 0 Å². The minimum absolute atomic E-state index is 0.0617. The summed E-state index contributed by atoms with van der Waals surface area (Å²) in [6.07, 6.45) is 2.94. The van der Waals surface area contributed by atoms with Gasteiger partial charge < -0.3 is 0 Å². The average molecular weight is 242 g/mol. The fraction of sp³-hybridized carbons (Fsp3) is 0.500. The van der Waals surface area contributed by atoms with E-state index in [4.69, 9.17) is 0 Å². The predicted molar refractivity (Wildman–Crippen MR) is 60.7 cm³/mol. The topological polar surface area (TPSA) is 34.1 Å². The molecule has 0 unspecified atom stereocenters. The molecule has 0 atom stereocenters. The maximum absolute atomic E-state index is 12.9. The van der Waals surface area contributed by atoms with Crippen LogP contribution in [0.15, 0.2) is 23.1 Å². The quantitative estimate of drug-likeness (QED) is 0.709. The summed E-state index contributed by atoms with van der Waals surface area (Å²) in [5.74, 6) is 0. The highest BCUT2D eigenvalue weighted by atomic mass is 32.3. The lowest BCUT2D eigenvalue weighted by atomic mass is 9.73. The van der Waals surface area contributed by atoms with Gasteiger partial charge in [-0.1, -0.05) is 19.9 Å². The highest BCUT2D eigenvalue weighted by molar-refractivity contribution is 7.86. The Morgan fingerprint density at radius 3 is 2.62 bits per heavy atom. The normalized spacial score (nSPS) is 19.2. The molecule has 0 radical (unpaired) electrons. The number of hydrogen-bond donors (Lipinski definition) is 0. The van der Waals surface area contributed by atoms with Crippen molar-refractivity contribution in [3.8, 4) is 0 Å². The van der Waals surface area contributed by atoms with Crippen molar-refractivity contribution in [2.45, 2.75) is 43.4 Å². The second kappa shape index (κ2) is 3.55. The Bertz CT molecular complexity index is 518. The van der Waals surface area contributed by atoms with E-state index in [1.54, 1.807) is 6.07 Å². The first-order valence-corrected chi connectivity index (χ1v) is 6.77. The SMILES string of the molecule is CC1(C)CCCc2cc(S(=O)(=O)F)ccc21. The van der Waals surface area contributed by atoms with Gasteiger partial charge in [-0.05, 0) is 47.9 Å². The number of halogens is 1. The maximum Gasteiger partial charge on any atom is 0.332 e. The summed E-state index contributed by atoms with van der Waals surface area (Å²) < 4.78 is 34.5. The molecule has 0 N–H and O–H groups in total. The van der Waals surface area contributed by atoms with Crippen molar-refractivity contribution in [1.29, 1.82) is 0 Å². The van der Waals surface area contributed by atoms with E-state index in [1.165, 1.54) is 12.1 Å². The molecule has 0 aromatic heterocycles. The molecule has 0 bridgehead atoms. The lowest BCUT2D eigenvalue weighted by Crippen LogP contribution is -2.23. The monoisotopic (exact) mass is 242 g/mol. The molecule has 0 spiro atoms. The summed E-state index contributed by atoms with van der Waals surface area (Å²) in [5.41, 5.74) is 2.17. The first kappa shape index (κ1) is 11.6. The van der Waals surface area contributed by atoms with Crippen LogP contribution in [0.2, 0.25) is 0 Å². The first-order chi connectivity index (χ1) is 7.31. The molecule has 4 heteroatoms. The molecule has 0 saturated carbocycles. The lowest BCUT2D eigenvalue weighted by Gasteiger charge is -2.32. The smallest absolute Gasteiger partial charge is 0.189 e. The van der Waals surface area contributed by atoms with Gasteiger partial charge in [-0.25, -0.2) is 0 Å². The molecule has 0 amide bonds. The van der Waals surface area contributed by atoms with E-state index >= 15 is 0 Å². The zero-order chi connectivity index (χ0) is 12.0. The zero-order valence-corrected chi connectivity index (χ0v) is 10.3. The number of hydrogen-bond acceptors (Lipinski definition) is 2. The molecule has 0 aliphatic heterocycles. The molecule has 88 valence electrons. The summed E-state index contributed by atoms with van der Waals surface area (Å²) in [6, 6.07) is 4.59. The third-order valence-electron chi connectivity index (χ3n) is 3.34. The van der Waals surface area contributed by atoms with Gasteiger partial charge in [0.25, 0.3) is 0 Å². The van der Waals surface area contributed by atoms with Crippen molar-refractivity contribution in [2.75, 3.05) is 0 Å². The van der Waals surface area contributed by atoms with Gasteiger partial charge in [0, 0.05) is 0 Å². The van der Waals surface area contributed by atoms with Crippen molar-refractivity contribution in [2.24, 2.45) is 0 Å². The second-order valence-corrected chi connectivity index (χ2v) is 6.34. The summed E-state index contributed by atoms with van der Waals surface area (Å²) in [7, 11) is -4.57. The molecule has 2 rings (SSSR count). The third-order valence-corrected chi connectivity index (χ3v) is 4.15. The van der Waals surface area contributed by atoms with Crippen LogP contribution in [0.1, 0.15) is 37.8 Å². The summed E-state index contributed by atoms with van der Waals surface area (Å²) in [5, 5.41) is 0. The van der Waals surface area contributed by atoms with Crippen LogP contribution in [0.3, 0.4) is 0 Å². The van der Waals surface area contributed by atoms with Gasteiger partial charge >= 0.3 is 10.2 Å². The molecule has 0 fully saturated rings. The fourth-order valence-electron chi connectivity index (χ4n) is 2.44. The van der Waals surface area contributed by atoms with Gasteiger partial charge in [0.2, 0.25) is 0 Å². The molecule has 1 aromatic carbocycles. The number of rotatable bonds is 1. The Hall–Kier alpha value is -0.900. The average Bonchev–Trinajstić information content (AvgIpc) is 2.15. The van der Waals surface area contributed by atoms with Gasteiger partial charge in [0.15, 0.2) is 0 Å². The van der Waals surface area contributed by atoms with E-state index in [2.05, 4.69) is 13.8 Å². The second-order valence-electron chi connectivity index (χ2n) is 4.99. The van der Waals surface area contributed by atoms with E-state index in [0.29, 0.717) is 0 Å². The summed E-state index contributed by atoms with van der Waals surface area (Å²) in [6.45, 7) is 4.27. The predicted octanol–water partition coefficient (Wildman–Crippen LogP) is 2.96. The minimum Gasteiger partial charge on any atom is -0.189 e. The van der Waals surface area contributed by atoms with Gasteiger partial charge in [0.05, 0.1) is 4.90 Å². The molecule has 1 aliphatic carbocycles. The Kier molecular flexibility index (Phi) is 2.57. The van der Waals surface area contributed by atoms with Crippen molar-refractivity contribution >= 4 is 10.2 Å². The largest absolute Gasteiger partial charge is 0.332 e. The van der Waals surface area contributed by atoms with E-state index in [-0.39, 0.29) is 10.3 Å². The van der Waals surface area contributed by atoms with Gasteiger partial charge in [-0.2, -0.15) is 8.42 Å². The molecule has 0 saturated heterocycles. The van der Waals surface area contributed by atoms with Crippen LogP contribution >= 0.6 is 0 Å². The van der Waals surface area contributed by atoms with Gasteiger partial charge in [-0.3, -0.25) is 0 Å². The Labute approximate surface area is 95.7 Å². The fourth-order valence-corrected chi connectivity index (χ4v) is 2.96. The Morgan fingerprint density at radius 1 is 1.31 bits per heavy atom. The van der Waals surface area contributed by atoms with Crippen LogP contribution in [0, 0.1) is 0 Å². The van der Waals surface area contributed by atoms with Crippen LogP contribution in [0.25, 0.3) is 0 Å². The van der Waals surface area contributed by atoms with E-state index in [9.17, 15) is 12.3 Å². The number of aryl methyl sites for hydroxylation is 1. The van der Waals surface area contributed by atoms with Gasteiger partial charge in [-0.15, -0.1) is 3.89 Å². The molecular formula is C12H15FO2S. The molecule has 1 aliphatic rings. The molecule has 2 nitrogen and oxygen atoms in total. The standard InChI is InChI=1S/C12H15FO2S/c1-12(2)7-3-4-9-8-10(16(13,14)15)5-6-11(9)12/h5-6,8H,3-4,7H2,1-2H3. The molecule has 0 heterocycles. The Balaban J connectivity index is 2.56. The van der Waals surface area contributed by atoms with Crippen LogP contribution in [-0.2, 0) is 22.1 Å². The van der Waals surface area contributed by atoms with Crippen LogP contribution < -0.4 is 0 Å². The van der Waals surface area contributed by atoms with E-state index in [0.717, 1.165) is 30.4 Å². The van der Waals surface area contributed by atoms with Crippen LogP contribution in [-0.4, -0.2) is 8.42 Å². The van der Waals surface area contributed by atoms with Crippen molar-refractivity contribution in [1.82, 2.24) is 0 Å². The lowest BCUT2D eigenvalue weighted by molar-refractivity contribution is 0.431. The van der Waals surface area contributed by atoms with Crippen LogP contribution in [0.4, 0.5) is 3.89 Å².